The van der Waals surface area contributed by atoms with Crippen LogP contribution in [0.1, 0.15) is 24.0 Å². The average Bonchev–Trinajstić information content (AvgIpc) is 3.26. The van der Waals surface area contributed by atoms with Gasteiger partial charge in [-0.2, -0.15) is 0 Å². The molecule has 1 saturated heterocycles. The maximum Gasteiger partial charge on any atom is 0.225 e. The summed E-state index contributed by atoms with van der Waals surface area (Å²) in [6.07, 6.45) is 2.23. The van der Waals surface area contributed by atoms with Gasteiger partial charge in [0.1, 0.15) is 0 Å². The van der Waals surface area contributed by atoms with Gasteiger partial charge in [-0.1, -0.05) is 29.8 Å². The fourth-order valence-electron chi connectivity index (χ4n) is 2.67. The van der Waals surface area contributed by atoms with E-state index >= 15 is 0 Å². The van der Waals surface area contributed by atoms with Crippen LogP contribution in [0.3, 0.4) is 0 Å². The molecule has 1 heterocycles. The van der Waals surface area contributed by atoms with Crippen LogP contribution in [0.2, 0.25) is 0 Å². The second-order valence-corrected chi connectivity index (χ2v) is 5.86. The first-order valence-electron chi connectivity index (χ1n) is 7.29. The van der Waals surface area contributed by atoms with Crippen LogP contribution in [0.5, 0.6) is 0 Å². The summed E-state index contributed by atoms with van der Waals surface area (Å²) in [6.45, 7) is 6.94. The molecule has 1 aromatic carbocycles. The second-order valence-electron chi connectivity index (χ2n) is 5.86. The van der Waals surface area contributed by atoms with Crippen molar-refractivity contribution in [1.82, 2.24) is 9.80 Å². The summed E-state index contributed by atoms with van der Waals surface area (Å²) in [5.74, 6) is 0.763. The van der Waals surface area contributed by atoms with Gasteiger partial charge in [0.25, 0.3) is 0 Å². The summed E-state index contributed by atoms with van der Waals surface area (Å²) in [4.78, 5) is 16.5. The van der Waals surface area contributed by atoms with Crippen molar-refractivity contribution >= 4 is 5.91 Å². The Morgan fingerprint density at radius 3 is 2.32 bits per heavy atom. The highest BCUT2D eigenvalue weighted by Crippen LogP contribution is 2.31. The summed E-state index contributed by atoms with van der Waals surface area (Å²) in [6, 6.07) is 8.75. The third kappa shape index (κ3) is 3.16. The molecule has 3 nitrogen and oxygen atoms in total. The zero-order chi connectivity index (χ0) is 13.2. The Labute approximate surface area is 115 Å². The van der Waals surface area contributed by atoms with E-state index in [9.17, 15) is 4.79 Å². The van der Waals surface area contributed by atoms with Crippen molar-refractivity contribution in [2.24, 2.45) is 5.92 Å². The Balaban J connectivity index is 1.49. The molecule has 3 rings (SSSR count). The molecule has 0 radical (unpaired) electrons. The van der Waals surface area contributed by atoms with Gasteiger partial charge in [0.15, 0.2) is 0 Å². The summed E-state index contributed by atoms with van der Waals surface area (Å²) < 4.78 is 0. The minimum absolute atomic E-state index is 0.364. The van der Waals surface area contributed by atoms with Crippen molar-refractivity contribution in [2.45, 2.75) is 26.3 Å². The molecule has 0 bridgehead atoms. The highest BCUT2D eigenvalue weighted by atomic mass is 16.2. The predicted molar refractivity (Wildman–Crippen MR) is 75.8 cm³/mol. The minimum atomic E-state index is 0.364. The molecule has 0 unspecified atom stereocenters. The lowest BCUT2D eigenvalue weighted by molar-refractivity contribution is -0.134. The molecule has 102 valence electrons. The molecular formula is C16H22N2O. The monoisotopic (exact) mass is 258 g/mol. The molecule has 2 fully saturated rings. The maximum absolute atomic E-state index is 12.0. The standard InChI is InChI=1S/C16H22N2O/c1-13-2-4-14(5-3-13)12-17-8-10-18(11-9-17)16(19)15-6-7-15/h2-5,15H,6-12H2,1H3. The molecule has 1 saturated carbocycles. The Morgan fingerprint density at radius 2 is 1.74 bits per heavy atom. The smallest absolute Gasteiger partial charge is 0.225 e. The molecule has 0 spiro atoms. The first-order valence-corrected chi connectivity index (χ1v) is 7.29. The van der Waals surface area contributed by atoms with Gasteiger partial charge in [-0.3, -0.25) is 9.69 Å². The number of hydrogen-bond donors (Lipinski definition) is 0. The van der Waals surface area contributed by atoms with Crippen LogP contribution in [-0.4, -0.2) is 41.9 Å². The quantitative estimate of drug-likeness (QED) is 0.828. The number of hydrogen-bond acceptors (Lipinski definition) is 2. The molecule has 0 atom stereocenters. The number of carbonyl (C=O) groups excluding carboxylic acids is 1. The molecule has 1 aliphatic heterocycles. The van der Waals surface area contributed by atoms with Crippen LogP contribution in [0.15, 0.2) is 24.3 Å². The van der Waals surface area contributed by atoms with Crippen molar-refractivity contribution in [1.29, 1.82) is 0 Å². The largest absolute Gasteiger partial charge is 0.340 e. The lowest BCUT2D eigenvalue weighted by Crippen LogP contribution is -2.48. The summed E-state index contributed by atoms with van der Waals surface area (Å²) in [5, 5.41) is 0. The predicted octanol–water partition coefficient (Wildman–Crippen LogP) is 2.05. The minimum Gasteiger partial charge on any atom is -0.340 e. The van der Waals surface area contributed by atoms with E-state index in [2.05, 4.69) is 41.0 Å². The number of aryl methyl sites for hydroxylation is 1. The molecule has 1 aromatic rings. The Morgan fingerprint density at radius 1 is 1.11 bits per heavy atom. The maximum atomic E-state index is 12.0. The van der Waals surface area contributed by atoms with Gasteiger partial charge in [0.2, 0.25) is 5.91 Å². The van der Waals surface area contributed by atoms with Crippen molar-refractivity contribution in [2.75, 3.05) is 26.2 Å². The van der Waals surface area contributed by atoms with Gasteiger partial charge in [-0.25, -0.2) is 0 Å². The molecule has 1 aliphatic carbocycles. The van der Waals surface area contributed by atoms with Crippen LogP contribution in [0.25, 0.3) is 0 Å². The molecule has 0 aromatic heterocycles. The number of rotatable bonds is 3. The zero-order valence-electron chi connectivity index (χ0n) is 11.6. The van der Waals surface area contributed by atoms with Crippen LogP contribution in [0, 0.1) is 12.8 Å². The van der Waals surface area contributed by atoms with Crippen molar-refractivity contribution in [3.05, 3.63) is 35.4 Å². The topological polar surface area (TPSA) is 23.6 Å². The van der Waals surface area contributed by atoms with Crippen LogP contribution >= 0.6 is 0 Å². The number of carbonyl (C=O) groups is 1. The highest BCUT2D eigenvalue weighted by molar-refractivity contribution is 5.81. The molecule has 0 N–H and O–H groups in total. The average molecular weight is 258 g/mol. The van der Waals surface area contributed by atoms with Gasteiger partial charge in [0.05, 0.1) is 0 Å². The normalized spacial score (nSPS) is 20.6. The van der Waals surface area contributed by atoms with Crippen LogP contribution < -0.4 is 0 Å². The summed E-state index contributed by atoms with van der Waals surface area (Å²) in [5.41, 5.74) is 2.68. The van der Waals surface area contributed by atoms with Gasteiger partial charge in [0, 0.05) is 38.6 Å². The summed E-state index contributed by atoms with van der Waals surface area (Å²) in [7, 11) is 0. The molecule has 1 amide bonds. The fraction of sp³-hybridized carbons (Fsp3) is 0.562. The van der Waals surface area contributed by atoms with E-state index in [4.69, 9.17) is 0 Å². The summed E-state index contributed by atoms with van der Waals surface area (Å²) >= 11 is 0. The third-order valence-electron chi connectivity index (χ3n) is 4.14. The Kier molecular flexibility index (Phi) is 3.56. The van der Waals surface area contributed by atoms with E-state index < -0.39 is 0 Å². The molecule has 3 heteroatoms. The van der Waals surface area contributed by atoms with Gasteiger partial charge < -0.3 is 4.90 Å². The van der Waals surface area contributed by atoms with E-state index in [-0.39, 0.29) is 0 Å². The molecular weight excluding hydrogens is 236 g/mol. The second kappa shape index (κ2) is 5.33. The van der Waals surface area contributed by atoms with E-state index in [0.29, 0.717) is 11.8 Å². The Hall–Kier alpha value is -1.35. The SMILES string of the molecule is Cc1ccc(CN2CCN(C(=O)C3CC3)CC2)cc1. The van der Waals surface area contributed by atoms with Crippen molar-refractivity contribution in [3.8, 4) is 0 Å². The number of benzene rings is 1. The zero-order valence-corrected chi connectivity index (χ0v) is 11.6. The fourth-order valence-corrected chi connectivity index (χ4v) is 2.67. The van der Waals surface area contributed by atoms with Gasteiger partial charge in [-0.05, 0) is 25.3 Å². The Bertz CT molecular complexity index is 442. The lowest BCUT2D eigenvalue weighted by atomic mass is 10.1. The van der Waals surface area contributed by atoms with Gasteiger partial charge >= 0.3 is 0 Å². The highest BCUT2D eigenvalue weighted by Gasteiger charge is 2.34. The van der Waals surface area contributed by atoms with Crippen LogP contribution in [0.4, 0.5) is 0 Å². The number of amides is 1. The van der Waals surface area contributed by atoms with E-state index in [0.717, 1.165) is 45.6 Å². The molecule has 19 heavy (non-hydrogen) atoms. The molecule has 2 aliphatic rings. The number of piperazine rings is 1. The van der Waals surface area contributed by atoms with Gasteiger partial charge in [-0.15, -0.1) is 0 Å². The van der Waals surface area contributed by atoms with E-state index in [1.165, 1.54) is 11.1 Å². The lowest BCUT2D eigenvalue weighted by Gasteiger charge is -2.34. The number of nitrogens with zero attached hydrogens (tertiary/aromatic N) is 2. The first kappa shape index (κ1) is 12.7. The first-order chi connectivity index (χ1) is 9.22. The van der Waals surface area contributed by atoms with E-state index in [1.54, 1.807) is 0 Å². The van der Waals surface area contributed by atoms with Crippen molar-refractivity contribution < 1.29 is 4.79 Å². The van der Waals surface area contributed by atoms with Crippen LogP contribution in [-0.2, 0) is 11.3 Å². The van der Waals surface area contributed by atoms with Crippen molar-refractivity contribution in [3.63, 3.8) is 0 Å². The van der Waals surface area contributed by atoms with E-state index in [1.807, 2.05) is 0 Å². The third-order valence-corrected chi connectivity index (χ3v) is 4.14.